The summed E-state index contributed by atoms with van der Waals surface area (Å²) in [6, 6.07) is 6.89. The third-order valence-electron chi connectivity index (χ3n) is 5.13. The van der Waals surface area contributed by atoms with Gasteiger partial charge in [-0.15, -0.1) is 0 Å². The number of hydrogen-bond donors (Lipinski definition) is 2. The fourth-order valence-electron chi connectivity index (χ4n) is 3.51. The Balaban J connectivity index is 1.72. The number of aliphatic carboxylic acids is 1. The van der Waals surface area contributed by atoms with Crippen molar-refractivity contribution >= 4 is 16.0 Å². The van der Waals surface area contributed by atoms with Gasteiger partial charge >= 0.3 is 5.97 Å². The minimum Gasteiger partial charge on any atom is -0.481 e. The molecule has 1 aromatic carbocycles. The summed E-state index contributed by atoms with van der Waals surface area (Å²) < 4.78 is 30.0. The average molecular weight is 392 g/mol. The van der Waals surface area contributed by atoms with Gasteiger partial charge in [0, 0.05) is 31.0 Å². The number of carbonyl (C=O) groups is 1. The molecule has 0 radical (unpaired) electrons. The van der Waals surface area contributed by atoms with Crippen LogP contribution in [-0.2, 0) is 14.8 Å². The van der Waals surface area contributed by atoms with Gasteiger partial charge in [0.2, 0.25) is 10.0 Å². The number of likely N-dealkylation sites (tertiary alicyclic amines) is 1. The molecule has 1 saturated heterocycles. The summed E-state index contributed by atoms with van der Waals surface area (Å²) in [5.41, 5.74) is 1.33. The van der Waals surface area contributed by atoms with Crippen LogP contribution in [0.5, 0.6) is 0 Å². The molecule has 27 heavy (non-hydrogen) atoms. The molecule has 1 aliphatic heterocycles. The third-order valence-corrected chi connectivity index (χ3v) is 6.70. The van der Waals surface area contributed by atoms with Gasteiger partial charge < -0.3 is 5.11 Å². The van der Waals surface area contributed by atoms with Gasteiger partial charge in [0.25, 0.3) is 0 Å². The molecule has 0 unspecified atom stereocenters. The topological polar surface area (TPSA) is 105 Å². The van der Waals surface area contributed by atoms with Crippen LogP contribution in [0.4, 0.5) is 0 Å². The normalized spacial score (nSPS) is 20.8. The van der Waals surface area contributed by atoms with Crippen LogP contribution < -0.4 is 4.72 Å². The van der Waals surface area contributed by atoms with Gasteiger partial charge in [-0.05, 0) is 50.6 Å². The van der Waals surface area contributed by atoms with Crippen molar-refractivity contribution in [2.75, 3.05) is 13.6 Å². The van der Waals surface area contributed by atoms with Crippen molar-refractivity contribution in [1.29, 1.82) is 0 Å². The Hall–Kier alpha value is -2.23. The lowest BCUT2D eigenvalue weighted by atomic mass is 10.1. The minimum absolute atomic E-state index is 0.0151. The molecular formula is C18H24N4O4S. The fourth-order valence-corrected chi connectivity index (χ4v) is 4.84. The summed E-state index contributed by atoms with van der Waals surface area (Å²) in [5.74, 6) is -0.834. The van der Waals surface area contributed by atoms with Crippen molar-refractivity contribution in [2.45, 2.75) is 43.2 Å². The largest absolute Gasteiger partial charge is 0.481 e. The molecule has 146 valence electrons. The second kappa shape index (κ2) is 7.79. The predicted molar refractivity (Wildman–Crippen MR) is 100 cm³/mol. The van der Waals surface area contributed by atoms with Crippen molar-refractivity contribution < 1.29 is 18.3 Å². The molecule has 0 aliphatic carbocycles. The molecule has 0 saturated carbocycles. The van der Waals surface area contributed by atoms with Crippen LogP contribution in [0.25, 0.3) is 5.69 Å². The molecule has 2 aromatic rings. The molecule has 0 amide bonds. The molecule has 1 fully saturated rings. The highest BCUT2D eigenvalue weighted by molar-refractivity contribution is 7.89. The first-order valence-electron chi connectivity index (χ1n) is 8.82. The first-order chi connectivity index (χ1) is 12.8. The zero-order chi connectivity index (χ0) is 19.6. The van der Waals surface area contributed by atoms with E-state index in [9.17, 15) is 13.2 Å². The zero-order valence-corrected chi connectivity index (χ0v) is 16.2. The van der Waals surface area contributed by atoms with E-state index in [4.69, 9.17) is 5.11 Å². The second-order valence-electron chi connectivity index (χ2n) is 6.90. The number of aromatic nitrogens is 2. The summed E-state index contributed by atoms with van der Waals surface area (Å²) in [7, 11) is -1.84. The average Bonchev–Trinajstić information content (AvgIpc) is 3.25. The minimum atomic E-state index is -3.69. The van der Waals surface area contributed by atoms with E-state index in [2.05, 4.69) is 9.82 Å². The first-order valence-corrected chi connectivity index (χ1v) is 10.3. The van der Waals surface area contributed by atoms with Crippen molar-refractivity contribution in [3.05, 3.63) is 42.2 Å². The van der Waals surface area contributed by atoms with Crippen LogP contribution in [-0.4, -0.2) is 59.9 Å². The highest BCUT2D eigenvalue weighted by Gasteiger charge is 2.32. The molecule has 1 aliphatic rings. The number of carboxylic acids is 1. The number of carboxylic acid groups (broad SMARTS) is 1. The smallest absolute Gasteiger partial charge is 0.304 e. The lowest BCUT2D eigenvalue weighted by Gasteiger charge is -2.25. The first kappa shape index (κ1) is 19.5. The van der Waals surface area contributed by atoms with Gasteiger partial charge in [0.1, 0.15) is 0 Å². The van der Waals surface area contributed by atoms with E-state index in [1.165, 1.54) is 0 Å². The van der Waals surface area contributed by atoms with Gasteiger partial charge in [-0.25, -0.2) is 17.8 Å². The van der Waals surface area contributed by atoms with Crippen LogP contribution in [0.15, 0.2) is 41.6 Å². The molecule has 9 heteroatoms. The van der Waals surface area contributed by atoms with Crippen molar-refractivity contribution in [1.82, 2.24) is 19.4 Å². The maximum absolute atomic E-state index is 12.8. The predicted octanol–water partition coefficient (Wildman–Crippen LogP) is 1.40. The summed E-state index contributed by atoms with van der Waals surface area (Å²) in [6.45, 7) is 2.01. The monoisotopic (exact) mass is 392 g/mol. The summed E-state index contributed by atoms with van der Waals surface area (Å²) in [5, 5.41) is 13.1. The Morgan fingerprint density at radius 3 is 2.74 bits per heavy atom. The lowest BCUT2D eigenvalue weighted by Crippen LogP contribution is -2.41. The van der Waals surface area contributed by atoms with Crippen LogP contribution >= 0.6 is 0 Å². The van der Waals surface area contributed by atoms with Crippen molar-refractivity contribution in [2.24, 2.45) is 0 Å². The molecule has 0 bridgehead atoms. The Kier molecular flexibility index (Phi) is 5.64. The Bertz CT molecular complexity index is 911. The van der Waals surface area contributed by atoms with Crippen LogP contribution in [0.2, 0.25) is 0 Å². The number of rotatable bonds is 7. The summed E-state index contributed by atoms with van der Waals surface area (Å²) in [4.78, 5) is 13.1. The van der Waals surface area contributed by atoms with Gasteiger partial charge in [0.05, 0.1) is 17.0 Å². The molecule has 0 spiro atoms. The van der Waals surface area contributed by atoms with E-state index in [-0.39, 0.29) is 29.9 Å². The Labute approximate surface area is 158 Å². The van der Waals surface area contributed by atoms with E-state index < -0.39 is 16.0 Å². The highest BCUT2D eigenvalue weighted by Crippen LogP contribution is 2.25. The number of nitrogens with one attached hydrogen (secondary N) is 1. The third kappa shape index (κ3) is 4.37. The van der Waals surface area contributed by atoms with Crippen molar-refractivity contribution in [3.63, 3.8) is 0 Å². The number of aryl methyl sites for hydroxylation is 1. The fraction of sp³-hybridized carbons (Fsp3) is 0.444. The summed E-state index contributed by atoms with van der Waals surface area (Å²) in [6.07, 6.45) is 4.98. The molecule has 2 N–H and O–H groups in total. The summed E-state index contributed by atoms with van der Waals surface area (Å²) >= 11 is 0. The van der Waals surface area contributed by atoms with Gasteiger partial charge in [-0.2, -0.15) is 5.10 Å². The molecular weight excluding hydrogens is 368 g/mol. The molecule has 1 aromatic heterocycles. The molecule has 3 rings (SSSR count). The molecule has 8 nitrogen and oxygen atoms in total. The van der Waals surface area contributed by atoms with Crippen LogP contribution in [0, 0.1) is 6.92 Å². The number of likely N-dealkylation sites (N-methyl/N-ethyl adjacent to an activating group) is 1. The number of nitrogens with zero attached hydrogens (tertiary/aromatic N) is 3. The van der Waals surface area contributed by atoms with Gasteiger partial charge in [-0.3, -0.25) is 9.69 Å². The van der Waals surface area contributed by atoms with E-state index in [1.54, 1.807) is 42.2 Å². The van der Waals surface area contributed by atoms with E-state index in [1.807, 2.05) is 18.0 Å². The Morgan fingerprint density at radius 1 is 1.33 bits per heavy atom. The Morgan fingerprint density at radius 2 is 2.07 bits per heavy atom. The standard InChI is InChI=1S/C18H24N4O4S/c1-13-4-5-15(22-9-3-8-19-22)10-17(13)27(25,26)20-12-16-7-6-14(21(16)2)11-18(23)24/h3-5,8-10,14,16,20H,6-7,11-12H2,1-2H3,(H,23,24)/t14-,16+/m1/s1. The molecule has 2 atom stereocenters. The van der Waals surface area contributed by atoms with E-state index >= 15 is 0 Å². The number of hydrogen-bond acceptors (Lipinski definition) is 5. The van der Waals surface area contributed by atoms with Crippen LogP contribution in [0.3, 0.4) is 0 Å². The highest BCUT2D eigenvalue weighted by atomic mass is 32.2. The lowest BCUT2D eigenvalue weighted by molar-refractivity contribution is -0.138. The number of sulfonamides is 1. The number of benzene rings is 1. The SMILES string of the molecule is Cc1ccc(-n2cccn2)cc1S(=O)(=O)NC[C@@H]1CC[C@H](CC(=O)O)N1C. The van der Waals surface area contributed by atoms with Crippen molar-refractivity contribution in [3.8, 4) is 5.69 Å². The second-order valence-corrected chi connectivity index (χ2v) is 8.64. The maximum atomic E-state index is 12.8. The van der Waals surface area contributed by atoms with Crippen LogP contribution in [0.1, 0.15) is 24.8 Å². The van der Waals surface area contributed by atoms with E-state index in [0.29, 0.717) is 11.3 Å². The zero-order valence-electron chi connectivity index (χ0n) is 15.4. The molecule has 2 heterocycles. The quantitative estimate of drug-likeness (QED) is 0.738. The van der Waals surface area contributed by atoms with E-state index in [0.717, 1.165) is 12.8 Å². The maximum Gasteiger partial charge on any atom is 0.304 e. The van der Waals surface area contributed by atoms with Gasteiger partial charge in [0.15, 0.2) is 0 Å². The van der Waals surface area contributed by atoms with Gasteiger partial charge in [-0.1, -0.05) is 6.07 Å².